The quantitative estimate of drug-likeness (QED) is 0.451. The number of nitrogens with zero attached hydrogens (tertiary/aromatic N) is 1. The number of benzene rings is 3. The summed E-state index contributed by atoms with van der Waals surface area (Å²) in [4.78, 5) is 29.6. The summed E-state index contributed by atoms with van der Waals surface area (Å²) in [5.74, 6) is -0.792. The van der Waals surface area contributed by atoms with Crippen molar-refractivity contribution < 1.29 is 14.7 Å². The number of carbonyl (C=O) groups is 2. The molecule has 0 fully saturated rings. The molecule has 35 heavy (non-hydrogen) atoms. The highest BCUT2D eigenvalue weighted by molar-refractivity contribution is 6.32. The molecule has 0 spiro atoms. The predicted molar refractivity (Wildman–Crippen MR) is 139 cm³/mol. The van der Waals surface area contributed by atoms with Gasteiger partial charge in [0, 0.05) is 28.1 Å². The molecule has 1 heterocycles. The second-order valence-corrected chi connectivity index (χ2v) is 9.11. The van der Waals surface area contributed by atoms with Crippen LogP contribution in [-0.2, 0) is 35.3 Å². The summed E-state index contributed by atoms with van der Waals surface area (Å²) in [5, 5.41) is 13.7. The number of phenolic OH excluding ortho intramolecular Hbond substituents is 1. The number of amides is 2. The average Bonchev–Trinajstić information content (AvgIpc) is 2.96. The highest BCUT2D eigenvalue weighted by Crippen LogP contribution is 2.30. The molecule has 1 atom stereocenters. The van der Waals surface area contributed by atoms with E-state index in [1.165, 1.54) is 17.2 Å². The number of primary amides is 1. The molecule has 4 N–H and O–H groups in total. The van der Waals surface area contributed by atoms with Gasteiger partial charge in [-0.25, -0.2) is 0 Å². The van der Waals surface area contributed by atoms with Crippen LogP contribution in [0.15, 0.2) is 59.6 Å². The summed E-state index contributed by atoms with van der Waals surface area (Å²) < 4.78 is 0. The first-order valence-electron chi connectivity index (χ1n) is 11.7. The molecule has 1 aliphatic heterocycles. The summed E-state index contributed by atoms with van der Waals surface area (Å²) in [7, 11) is 0. The minimum Gasteiger partial charge on any atom is -0.508 e. The monoisotopic (exact) mass is 489 g/mol. The van der Waals surface area contributed by atoms with Gasteiger partial charge < -0.3 is 16.2 Å². The number of hydrogen-bond acceptors (Lipinski definition) is 4. The second kappa shape index (κ2) is 10.3. The number of nitrogens with two attached hydrogens (primary N) is 1. The van der Waals surface area contributed by atoms with E-state index >= 15 is 0 Å². The fourth-order valence-electron chi connectivity index (χ4n) is 4.46. The van der Waals surface area contributed by atoms with Crippen LogP contribution >= 0.6 is 11.6 Å². The molecule has 0 radical (unpaired) electrons. The SMILES string of the molecule is CCc1ccc(CC2N=C(c3ccc(O)c(CC(N)=O)c3)c3cc(Cl)ccc3NC2=O)cc1CC. The zero-order valence-corrected chi connectivity index (χ0v) is 20.5. The molecule has 1 aliphatic rings. The third-order valence-corrected chi connectivity index (χ3v) is 6.50. The molecular formula is C28H28ClN3O3. The second-order valence-electron chi connectivity index (χ2n) is 8.67. The minimum absolute atomic E-state index is 0.0260. The highest BCUT2D eigenvalue weighted by atomic mass is 35.5. The van der Waals surface area contributed by atoms with E-state index < -0.39 is 11.9 Å². The lowest BCUT2D eigenvalue weighted by Gasteiger charge is -2.14. The van der Waals surface area contributed by atoms with Crippen LogP contribution in [0.3, 0.4) is 0 Å². The van der Waals surface area contributed by atoms with E-state index in [1.807, 2.05) is 0 Å². The molecule has 2 amide bonds. The number of anilines is 1. The number of hydrogen-bond donors (Lipinski definition) is 3. The summed E-state index contributed by atoms with van der Waals surface area (Å²) in [6.45, 7) is 4.26. The van der Waals surface area contributed by atoms with Gasteiger partial charge in [-0.15, -0.1) is 0 Å². The van der Waals surface area contributed by atoms with Gasteiger partial charge in [-0.05, 0) is 65.9 Å². The number of aliphatic imine (C=N–C) groups is 1. The maximum atomic E-state index is 13.2. The normalized spacial score (nSPS) is 15.1. The molecule has 0 aliphatic carbocycles. The van der Waals surface area contributed by atoms with Gasteiger partial charge in [-0.2, -0.15) is 0 Å². The topological polar surface area (TPSA) is 105 Å². The number of rotatable bonds is 7. The van der Waals surface area contributed by atoms with Crippen LogP contribution in [0.2, 0.25) is 5.02 Å². The van der Waals surface area contributed by atoms with Crippen molar-refractivity contribution in [3.8, 4) is 5.75 Å². The summed E-state index contributed by atoms with van der Waals surface area (Å²) in [6.07, 6.45) is 2.20. The van der Waals surface area contributed by atoms with E-state index in [4.69, 9.17) is 22.3 Å². The molecule has 6 nitrogen and oxygen atoms in total. The highest BCUT2D eigenvalue weighted by Gasteiger charge is 2.27. The Kier molecular flexibility index (Phi) is 7.22. The smallest absolute Gasteiger partial charge is 0.249 e. The molecule has 0 saturated heterocycles. The molecule has 7 heteroatoms. The Labute approximate surface area is 209 Å². The zero-order valence-electron chi connectivity index (χ0n) is 19.8. The number of aromatic hydroxyl groups is 1. The lowest BCUT2D eigenvalue weighted by Crippen LogP contribution is -2.27. The molecule has 4 rings (SSSR count). The van der Waals surface area contributed by atoms with E-state index in [0.29, 0.717) is 39.5 Å². The number of phenols is 1. The molecule has 3 aromatic carbocycles. The van der Waals surface area contributed by atoms with Crippen molar-refractivity contribution in [3.05, 3.63) is 93.0 Å². The Hall–Kier alpha value is -3.64. The standard InChI is InChI=1S/C28H28ClN3O3/c1-3-17-6-5-16(11-18(17)4-2)12-24-28(35)32-23-9-8-21(29)15-22(23)27(31-24)19-7-10-25(33)20(13-19)14-26(30)34/h5-11,13,15,24,33H,3-4,12,14H2,1-2H3,(H2,30,34)(H,32,35). The van der Waals surface area contributed by atoms with Gasteiger partial charge >= 0.3 is 0 Å². The number of halogens is 1. The molecule has 180 valence electrons. The first-order valence-corrected chi connectivity index (χ1v) is 12.1. The van der Waals surface area contributed by atoms with Gasteiger partial charge in [0.05, 0.1) is 17.8 Å². The summed E-state index contributed by atoms with van der Waals surface area (Å²) in [6, 6.07) is 15.8. The van der Waals surface area contributed by atoms with Crippen molar-refractivity contribution in [2.45, 2.75) is 45.6 Å². The van der Waals surface area contributed by atoms with Crippen LogP contribution in [0.5, 0.6) is 5.75 Å². The van der Waals surface area contributed by atoms with E-state index in [-0.39, 0.29) is 18.1 Å². The Balaban J connectivity index is 1.82. The molecular weight excluding hydrogens is 462 g/mol. The Morgan fingerprint density at radius 3 is 2.51 bits per heavy atom. The Bertz CT molecular complexity index is 1330. The van der Waals surface area contributed by atoms with Crippen molar-refractivity contribution >= 4 is 34.8 Å². The molecule has 0 aromatic heterocycles. The van der Waals surface area contributed by atoms with Crippen LogP contribution in [0.4, 0.5) is 5.69 Å². The van der Waals surface area contributed by atoms with E-state index in [2.05, 4.69) is 37.4 Å². The van der Waals surface area contributed by atoms with Crippen LogP contribution in [0.1, 0.15) is 47.2 Å². The summed E-state index contributed by atoms with van der Waals surface area (Å²) in [5.41, 5.74) is 11.8. The van der Waals surface area contributed by atoms with Crippen molar-refractivity contribution in [2.24, 2.45) is 10.7 Å². The van der Waals surface area contributed by atoms with Gasteiger partial charge in [0.1, 0.15) is 11.8 Å². The van der Waals surface area contributed by atoms with Gasteiger partial charge in [0.25, 0.3) is 0 Å². The zero-order chi connectivity index (χ0) is 25.1. The fraction of sp³-hybridized carbons (Fsp3) is 0.250. The maximum Gasteiger partial charge on any atom is 0.249 e. The lowest BCUT2D eigenvalue weighted by molar-refractivity contribution is -0.118. The van der Waals surface area contributed by atoms with Crippen molar-refractivity contribution in [3.63, 3.8) is 0 Å². The number of carbonyl (C=O) groups excluding carboxylic acids is 2. The van der Waals surface area contributed by atoms with Crippen molar-refractivity contribution in [1.29, 1.82) is 0 Å². The Morgan fingerprint density at radius 2 is 1.80 bits per heavy atom. The third-order valence-electron chi connectivity index (χ3n) is 6.26. The van der Waals surface area contributed by atoms with Gasteiger partial charge in [0.2, 0.25) is 11.8 Å². The van der Waals surface area contributed by atoms with Gasteiger partial charge in [-0.1, -0.05) is 43.6 Å². The number of benzodiazepines with no additional fused rings is 1. The first-order chi connectivity index (χ1) is 16.8. The van der Waals surface area contributed by atoms with E-state index in [1.54, 1.807) is 30.3 Å². The molecule has 0 bridgehead atoms. The third kappa shape index (κ3) is 5.38. The van der Waals surface area contributed by atoms with E-state index in [0.717, 1.165) is 18.4 Å². The van der Waals surface area contributed by atoms with Gasteiger partial charge in [0.15, 0.2) is 0 Å². The van der Waals surface area contributed by atoms with Crippen LogP contribution in [0, 0.1) is 0 Å². The van der Waals surface area contributed by atoms with Crippen molar-refractivity contribution in [2.75, 3.05) is 5.32 Å². The lowest BCUT2D eigenvalue weighted by atomic mass is 9.96. The molecule has 0 saturated carbocycles. The van der Waals surface area contributed by atoms with Crippen LogP contribution in [0.25, 0.3) is 0 Å². The predicted octanol–water partition coefficient (Wildman–Crippen LogP) is 4.60. The largest absolute Gasteiger partial charge is 0.508 e. The van der Waals surface area contributed by atoms with E-state index in [9.17, 15) is 14.7 Å². The maximum absolute atomic E-state index is 13.2. The average molecular weight is 490 g/mol. The summed E-state index contributed by atoms with van der Waals surface area (Å²) >= 11 is 6.30. The number of nitrogens with one attached hydrogen (secondary N) is 1. The van der Waals surface area contributed by atoms with Gasteiger partial charge in [-0.3, -0.25) is 14.6 Å². The van der Waals surface area contributed by atoms with Crippen LogP contribution < -0.4 is 11.1 Å². The first kappa shape index (κ1) is 24.5. The molecule has 3 aromatic rings. The number of aryl methyl sites for hydroxylation is 2. The fourth-order valence-corrected chi connectivity index (χ4v) is 4.63. The molecule has 1 unspecified atom stereocenters. The van der Waals surface area contributed by atoms with Crippen LogP contribution in [-0.4, -0.2) is 28.7 Å². The Morgan fingerprint density at radius 1 is 1.03 bits per heavy atom. The number of fused-ring (bicyclic) bond motifs is 1. The van der Waals surface area contributed by atoms with Crippen molar-refractivity contribution in [1.82, 2.24) is 0 Å². The minimum atomic E-state index is -0.679.